The molecule has 0 atom stereocenters. The van der Waals surface area contributed by atoms with Crippen molar-refractivity contribution in [3.8, 4) is 11.5 Å². The third-order valence-corrected chi connectivity index (χ3v) is 3.46. The number of carbonyl (C=O) groups is 1. The molecule has 0 fully saturated rings. The van der Waals surface area contributed by atoms with Crippen LogP contribution in [0.1, 0.15) is 26.3 Å². The first-order valence-electron chi connectivity index (χ1n) is 6.92. The molecule has 0 aliphatic rings. The van der Waals surface area contributed by atoms with E-state index in [0.29, 0.717) is 5.82 Å². The van der Waals surface area contributed by atoms with Crippen LogP contribution in [-0.2, 0) is 4.74 Å². The van der Waals surface area contributed by atoms with Crippen molar-refractivity contribution in [2.75, 3.05) is 12.0 Å². The number of rotatable bonds is 1. The third-order valence-electron chi connectivity index (χ3n) is 2.59. The van der Waals surface area contributed by atoms with E-state index in [9.17, 15) is 4.79 Å². The summed E-state index contributed by atoms with van der Waals surface area (Å²) in [5.41, 5.74) is 3.74. The van der Waals surface area contributed by atoms with Crippen molar-refractivity contribution < 1.29 is 9.53 Å². The smallest absolute Gasteiger partial charge is 0.415 e. The summed E-state index contributed by atoms with van der Waals surface area (Å²) in [7, 11) is -0.0325. The van der Waals surface area contributed by atoms with E-state index in [1.807, 2.05) is 26.8 Å². The Morgan fingerprint density at radius 2 is 1.90 bits per heavy atom. The summed E-state index contributed by atoms with van der Waals surface area (Å²) in [4.78, 5) is 17.8. The Labute approximate surface area is 128 Å². The lowest BCUT2D eigenvalue weighted by Crippen LogP contribution is -2.46. The molecular formula is C16H24N2O2Si. The molecule has 1 aromatic heterocycles. The van der Waals surface area contributed by atoms with Gasteiger partial charge in [-0.3, -0.25) is 4.90 Å². The number of hydrogen-bond donors (Lipinski definition) is 0. The first kappa shape index (κ1) is 17.2. The van der Waals surface area contributed by atoms with E-state index in [4.69, 9.17) is 4.74 Å². The summed E-state index contributed by atoms with van der Waals surface area (Å²) in [6.07, 6.45) is 1.28. The maximum Gasteiger partial charge on any atom is 0.415 e. The maximum atomic E-state index is 11.9. The summed E-state index contributed by atoms with van der Waals surface area (Å²) >= 11 is 0. The monoisotopic (exact) mass is 304 g/mol. The molecule has 0 radical (unpaired) electrons. The van der Waals surface area contributed by atoms with Crippen molar-refractivity contribution in [3.63, 3.8) is 0 Å². The van der Waals surface area contributed by atoms with E-state index < -0.39 is 19.7 Å². The first-order chi connectivity index (χ1) is 9.54. The highest BCUT2D eigenvalue weighted by Gasteiger charge is 2.29. The number of nitrogens with zero attached hydrogens (tertiary/aromatic N) is 2. The number of ether oxygens (including phenoxy) is 1. The molecule has 0 aliphatic heterocycles. The minimum absolute atomic E-state index is 0.411. The van der Waals surface area contributed by atoms with Crippen LogP contribution in [0.25, 0.3) is 0 Å². The lowest BCUT2D eigenvalue weighted by atomic mass is 10.1. The Kier molecular flexibility index (Phi) is 5.19. The van der Waals surface area contributed by atoms with Crippen molar-refractivity contribution in [3.05, 3.63) is 23.9 Å². The van der Waals surface area contributed by atoms with Gasteiger partial charge in [0.05, 0.1) is 7.11 Å². The van der Waals surface area contributed by atoms with Crippen LogP contribution in [0, 0.1) is 11.5 Å². The van der Waals surface area contributed by atoms with Crippen LogP contribution in [0.5, 0.6) is 0 Å². The predicted molar refractivity (Wildman–Crippen MR) is 89.1 cm³/mol. The Balaban J connectivity index is 3.09. The van der Waals surface area contributed by atoms with Gasteiger partial charge in [-0.1, -0.05) is 25.6 Å². The average Bonchev–Trinajstić information content (AvgIpc) is 2.35. The molecule has 0 aromatic carbocycles. The fraction of sp³-hybridized carbons (Fsp3) is 0.500. The Bertz CT molecular complexity index is 557. The fourth-order valence-electron chi connectivity index (χ4n) is 1.65. The normalized spacial score (nSPS) is 11.4. The molecule has 0 N–H and O–H groups in total. The number of pyridine rings is 1. The zero-order chi connectivity index (χ0) is 16.3. The van der Waals surface area contributed by atoms with E-state index in [1.54, 1.807) is 12.3 Å². The summed E-state index contributed by atoms with van der Waals surface area (Å²) in [5, 5.41) is 0. The topological polar surface area (TPSA) is 42.4 Å². The third kappa shape index (κ3) is 5.24. The number of aromatic nitrogens is 1. The molecule has 1 rings (SSSR count). The molecule has 0 bridgehead atoms. The van der Waals surface area contributed by atoms with Crippen LogP contribution in [0.4, 0.5) is 10.6 Å². The number of amides is 1. The molecule has 1 aromatic rings. The van der Waals surface area contributed by atoms with Crippen molar-refractivity contribution in [2.45, 2.75) is 46.0 Å². The largest absolute Gasteiger partial charge is 0.452 e. The van der Waals surface area contributed by atoms with E-state index in [2.05, 4.69) is 36.1 Å². The van der Waals surface area contributed by atoms with E-state index >= 15 is 0 Å². The van der Waals surface area contributed by atoms with Gasteiger partial charge in [0.25, 0.3) is 0 Å². The highest BCUT2D eigenvalue weighted by Crippen LogP contribution is 2.22. The van der Waals surface area contributed by atoms with Crippen molar-refractivity contribution in [2.24, 2.45) is 0 Å². The van der Waals surface area contributed by atoms with Gasteiger partial charge in [0.1, 0.15) is 13.9 Å². The molecular weight excluding hydrogens is 280 g/mol. The second-order valence-electron chi connectivity index (χ2n) is 6.88. The number of hydrogen-bond acceptors (Lipinski definition) is 3. The molecule has 4 nitrogen and oxygen atoms in total. The summed E-state index contributed by atoms with van der Waals surface area (Å²) < 4.78 is 4.84. The number of carbonyl (C=O) groups excluding carboxylic acids is 1. The van der Waals surface area contributed by atoms with E-state index in [0.717, 1.165) is 5.56 Å². The second kappa shape index (κ2) is 6.31. The maximum absolute atomic E-state index is 11.9. The molecule has 5 heteroatoms. The summed E-state index contributed by atoms with van der Waals surface area (Å²) in [6, 6.07) is 3.69. The lowest BCUT2D eigenvalue weighted by Gasteiger charge is -2.33. The average molecular weight is 304 g/mol. The Morgan fingerprint density at radius 1 is 1.29 bits per heavy atom. The molecule has 0 saturated heterocycles. The van der Waals surface area contributed by atoms with Gasteiger partial charge in [0.2, 0.25) is 0 Å². The van der Waals surface area contributed by atoms with E-state index in [1.165, 1.54) is 12.0 Å². The van der Waals surface area contributed by atoms with Gasteiger partial charge in [-0.25, -0.2) is 9.78 Å². The standard InChI is InChI=1S/C16H24N2O2Si/c1-16(2,3)18(15(19)20-4)14-9-8-13(12-17-14)10-11-21(5,6)7/h8-9,12H,1-7H3. The van der Waals surface area contributed by atoms with Gasteiger partial charge < -0.3 is 4.74 Å². The number of anilines is 1. The van der Waals surface area contributed by atoms with Crippen molar-refractivity contribution in [1.29, 1.82) is 0 Å². The van der Waals surface area contributed by atoms with Gasteiger partial charge in [0, 0.05) is 17.3 Å². The Morgan fingerprint density at radius 3 is 2.29 bits per heavy atom. The fourth-order valence-corrected chi connectivity index (χ4v) is 2.17. The van der Waals surface area contributed by atoms with Gasteiger partial charge in [-0.15, -0.1) is 5.54 Å². The predicted octanol–water partition coefficient (Wildman–Crippen LogP) is 3.68. The van der Waals surface area contributed by atoms with Crippen LogP contribution in [0.2, 0.25) is 19.6 Å². The van der Waals surface area contributed by atoms with Gasteiger partial charge in [-0.2, -0.15) is 0 Å². The molecule has 0 aliphatic carbocycles. The van der Waals surface area contributed by atoms with Gasteiger partial charge in [-0.05, 0) is 32.9 Å². The molecule has 0 unspecified atom stereocenters. The van der Waals surface area contributed by atoms with Crippen LogP contribution < -0.4 is 4.90 Å². The van der Waals surface area contributed by atoms with Crippen LogP contribution in [0.15, 0.2) is 18.3 Å². The SMILES string of the molecule is COC(=O)N(c1ccc(C#C[Si](C)(C)C)cn1)C(C)(C)C. The van der Waals surface area contributed by atoms with Crippen LogP contribution in [0.3, 0.4) is 0 Å². The molecule has 0 saturated carbocycles. The summed E-state index contributed by atoms with van der Waals surface area (Å²) in [5.74, 6) is 3.71. The molecule has 114 valence electrons. The minimum Gasteiger partial charge on any atom is -0.452 e. The first-order valence-corrected chi connectivity index (χ1v) is 10.4. The lowest BCUT2D eigenvalue weighted by molar-refractivity contribution is 0.172. The quantitative estimate of drug-likeness (QED) is 0.587. The molecule has 0 spiro atoms. The highest BCUT2D eigenvalue weighted by atomic mass is 28.3. The molecule has 1 amide bonds. The van der Waals surface area contributed by atoms with E-state index in [-0.39, 0.29) is 0 Å². The van der Waals surface area contributed by atoms with Gasteiger partial charge in [0.15, 0.2) is 0 Å². The minimum atomic E-state index is -1.40. The second-order valence-corrected chi connectivity index (χ2v) is 11.6. The molecule has 21 heavy (non-hydrogen) atoms. The van der Waals surface area contributed by atoms with Gasteiger partial charge >= 0.3 is 6.09 Å². The summed E-state index contributed by atoms with van der Waals surface area (Å²) in [6.45, 7) is 12.4. The molecule has 1 heterocycles. The highest BCUT2D eigenvalue weighted by molar-refractivity contribution is 6.83. The van der Waals surface area contributed by atoms with Crippen LogP contribution in [-0.4, -0.2) is 31.8 Å². The number of methoxy groups -OCH3 is 1. The van der Waals surface area contributed by atoms with Crippen molar-refractivity contribution >= 4 is 20.0 Å². The zero-order valence-corrected chi connectivity index (χ0v) is 14.9. The van der Waals surface area contributed by atoms with Crippen LogP contribution >= 0.6 is 0 Å². The Hall–Kier alpha value is -1.80. The zero-order valence-electron chi connectivity index (χ0n) is 13.9. The van der Waals surface area contributed by atoms with Crippen molar-refractivity contribution in [1.82, 2.24) is 4.98 Å².